The molecule has 0 bridgehead atoms. The number of hydrogen-bond acceptors (Lipinski definition) is 10. The molecule has 0 heterocycles. The van der Waals surface area contributed by atoms with Crippen molar-refractivity contribution in [1.29, 1.82) is 0 Å². The number of ketones is 2. The molecule has 12 heteroatoms. The Hall–Kier alpha value is -5.39. The molecule has 1 amide bonds. The smallest absolute Gasteiger partial charge is 0.338 e. The summed E-state index contributed by atoms with van der Waals surface area (Å²) in [6.45, 7) is -1.07. The molecule has 0 unspecified atom stereocenters. The molecular weight excluding hydrogens is 524 g/mol. The molecule has 0 atom stereocenters. The summed E-state index contributed by atoms with van der Waals surface area (Å²) in [6.07, 6.45) is -0.540. The van der Waals surface area contributed by atoms with Crippen LogP contribution in [0.25, 0.3) is 0 Å². The number of nitro benzene ring substituents is 1. The van der Waals surface area contributed by atoms with Crippen molar-refractivity contribution >= 4 is 40.8 Å². The average molecular weight is 549 g/mol. The molecule has 1 N–H and O–H groups in total. The number of nitro groups is 1. The van der Waals surface area contributed by atoms with Crippen molar-refractivity contribution in [2.45, 2.75) is 12.8 Å². The molecule has 3 rings (SSSR count). The predicted octanol–water partition coefficient (Wildman–Crippen LogP) is 3.79. The van der Waals surface area contributed by atoms with Crippen molar-refractivity contribution in [3.63, 3.8) is 0 Å². The highest BCUT2D eigenvalue weighted by Crippen LogP contribution is 2.15. The van der Waals surface area contributed by atoms with Crippen molar-refractivity contribution in [2.24, 2.45) is 0 Å². The number of carbonyl (C=O) groups excluding carboxylic acids is 5. The van der Waals surface area contributed by atoms with Crippen LogP contribution in [-0.4, -0.2) is 54.7 Å². The highest BCUT2D eigenvalue weighted by Gasteiger charge is 2.16. The highest BCUT2D eigenvalue weighted by atomic mass is 16.6. The Balaban J connectivity index is 1.39. The Morgan fingerprint density at radius 3 is 2.05 bits per heavy atom. The molecule has 0 fully saturated rings. The SMILES string of the molecule is COc1ccc(C(=O)COC(=O)c2ccc(NC(=O)CCC(=O)OCC(=O)c3cccc([N+](=O)[O-])c3)cc2)cc1. The molecular formula is C28H24N2O10. The minimum Gasteiger partial charge on any atom is -0.497 e. The van der Waals surface area contributed by atoms with E-state index < -0.39 is 41.8 Å². The Morgan fingerprint density at radius 2 is 1.40 bits per heavy atom. The van der Waals surface area contributed by atoms with Gasteiger partial charge in [0.15, 0.2) is 19.0 Å². The first-order valence-corrected chi connectivity index (χ1v) is 11.8. The number of amides is 1. The lowest BCUT2D eigenvalue weighted by molar-refractivity contribution is -0.384. The van der Waals surface area contributed by atoms with Gasteiger partial charge in [0.2, 0.25) is 11.7 Å². The second-order valence-electron chi connectivity index (χ2n) is 8.24. The number of ether oxygens (including phenoxy) is 3. The maximum Gasteiger partial charge on any atom is 0.338 e. The van der Waals surface area contributed by atoms with E-state index in [4.69, 9.17) is 14.2 Å². The van der Waals surface area contributed by atoms with Gasteiger partial charge in [-0.15, -0.1) is 0 Å². The Kier molecular flexibility index (Phi) is 10.2. The summed E-state index contributed by atoms with van der Waals surface area (Å²) in [5, 5.41) is 13.4. The van der Waals surface area contributed by atoms with E-state index in [1.807, 2.05) is 0 Å². The van der Waals surface area contributed by atoms with Crippen molar-refractivity contribution in [3.8, 4) is 5.75 Å². The first-order valence-electron chi connectivity index (χ1n) is 11.8. The van der Waals surface area contributed by atoms with Gasteiger partial charge in [0.05, 0.1) is 24.0 Å². The molecule has 12 nitrogen and oxygen atoms in total. The second kappa shape index (κ2) is 14.0. The fourth-order valence-electron chi connectivity index (χ4n) is 3.30. The third-order valence-electron chi connectivity index (χ3n) is 5.45. The lowest BCUT2D eigenvalue weighted by atomic mass is 10.1. The number of hydrogen-bond donors (Lipinski definition) is 1. The van der Waals surface area contributed by atoms with Crippen LogP contribution < -0.4 is 10.1 Å². The number of rotatable bonds is 13. The van der Waals surface area contributed by atoms with Crippen LogP contribution in [0, 0.1) is 10.1 Å². The molecule has 0 saturated heterocycles. The molecule has 0 aromatic heterocycles. The number of nitrogens with zero attached hydrogens (tertiary/aromatic N) is 1. The van der Waals surface area contributed by atoms with Crippen molar-refractivity contribution < 1.29 is 43.1 Å². The summed E-state index contributed by atoms with van der Waals surface area (Å²) >= 11 is 0. The number of nitrogens with one attached hydrogen (secondary N) is 1. The van der Waals surface area contributed by atoms with Crippen LogP contribution in [0.4, 0.5) is 11.4 Å². The molecule has 0 aliphatic heterocycles. The molecule has 0 aliphatic rings. The van der Waals surface area contributed by atoms with E-state index in [0.717, 1.165) is 6.07 Å². The van der Waals surface area contributed by atoms with Gasteiger partial charge in [-0.05, 0) is 48.5 Å². The van der Waals surface area contributed by atoms with Crippen LogP contribution in [-0.2, 0) is 19.1 Å². The molecule has 0 saturated carbocycles. The minimum absolute atomic E-state index is 0.0240. The van der Waals surface area contributed by atoms with Gasteiger partial charge in [-0.3, -0.25) is 29.3 Å². The molecule has 0 aliphatic carbocycles. The third kappa shape index (κ3) is 8.58. The van der Waals surface area contributed by atoms with E-state index in [1.54, 1.807) is 24.3 Å². The maximum absolute atomic E-state index is 12.3. The number of methoxy groups -OCH3 is 1. The monoisotopic (exact) mass is 548 g/mol. The van der Waals surface area contributed by atoms with Crippen LogP contribution >= 0.6 is 0 Å². The van der Waals surface area contributed by atoms with E-state index in [9.17, 15) is 34.1 Å². The van der Waals surface area contributed by atoms with Crippen LogP contribution in [0.1, 0.15) is 43.9 Å². The third-order valence-corrected chi connectivity index (χ3v) is 5.45. The summed E-state index contributed by atoms with van der Waals surface area (Å²) in [7, 11) is 1.51. The molecule has 206 valence electrons. The number of anilines is 1. The topological polar surface area (TPSA) is 168 Å². The largest absolute Gasteiger partial charge is 0.497 e. The van der Waals surface area contributed by atoms with Gasteiger partial charge in [-0.2, -0.15) is 0 Å². The number of benzene rings is 3. The molecule has 40 heavy (non-hydrogen) atoms. The van der Waals surface area contributed by atoms with Gasteiger partial charge >= 0.3 is 11.9 Å². The zero-order valence-electron chi connectivity index (χ0n) is 21.3. The standard InChI is InChI=1S/C28H24N2O10/c1-38-23-11-7-18(8-12-23)24(31)17-40-28(35)19-5-9-21(10-6-19)29-26(33)13-14-27(34)39-16-25(32)20-3-2-4-22(15-20)30(36)37/h2-12,15H,13-14,16-17H2,1H3,(H,29,33). The van der Waals surface area contributed by atoms with Gasteiger partial charge in [0.1, 0.15) is 5.75 Å². The van der Waals surface area contributed by atoms with Gasteiger partial charge < -0.3 is 19.5 Å². The zero-order chi connectivity index (χ0) is 29.1. The highest BCUT2D eigenvalue weighted by molar-refractivity contribution is 6.00. The Bertz CT molecular complexity index is 1420. The van der Waals surface area contributed by atoms with Gasteiger partial charge in [0.25, 0.3) is 5.69 Å². The van der Waals surface area contributed by atoms with Gasteiger partial charge in [-0.1, -0.05) is 12.1 Å². The lowest BCUT2D eigenvalue weighted by Crippen LogP contribution is -2.17. The van der Waals surface area contributed by atoms with E-state index in [-0.39, 0.29) is 35.4 Å². The van der Waals surface area contributed by atoms with Crippen LogP contribution in [0.2, 0.25) is 0 Å². The first kappa shape index (κ1) is 29.2. The summed E-state index contributed by atoms with van der Waals surface area (Å²) in [6, 6.07) is 17.1. The van der Waals surface area contributed by atoms with Crippen molar-refractivity contribution in [3.05, 3.63) is 99.6 Å². The summed E-state index contributed by atoms with van der Waals surface area (Å²) in [5.74, 6) is -2.44. The molecule has 0 spiro atoms. The van der Waals surface area contributed by atoms with Crippen molar-refractivity contribution in [2.75, 3.05) is 25.6 Å². The van der Waals surface area contributed by atoms with E-state index in [1.165, 1.54) is 49.6 Å². The molecule has 3 aromatic rings. The second-order valence-corrected chi connectivity index (χ2v) is 8.24. The van der Waals surface area contributed by atoms with E-state index in [0.29, 0.717) is 17.0 Å². The minimum atomic E-state index is -0.795. The number of esters is 2. The fourth-order valence-corrected chi connectivity index (χ4v) is 3.30. The average Bonchev–Trinajstić information content (AvgIpc) is 2.97. The van der Waals surface area contributed by atoms with Crippen LogP contribution in [0.5, 0.6) is 5.75 Å². The molecule has 0 radical (unpaired) electrons. The van der Waals surface area contributed by atoms with Crippen LogP contribution in [0.15, 0.2) is 72.8 Å². The van der Waals surface area contributed by atoms with E-state index >= 15 is 0 Å². The van der Waals surface area contributed by atoms with Gasteiger partial charge in [-0.25, -0.2) is 4.79 Å². The number of carbonyl (C=O) groups is 5. The Labute approximate surface area is 228 Å². The zero-order valence-corrected chi connectivity index (χ0v) is 21.3. The predicted molar refractivity (Wildman–Crippen MR) is 140 cm³/mol. The lowest BCUT2D eigenvalue weighted by Gasteiger charge is -2.08. The van der Waals surface area contributed by atoms with Gasteiger partial charge in [0, 0.05) is 35.4 Å². The normalized spacial score (nSPS) is 10.2. The fraction of sp³-hybridized carbons (Fsp3) is 0.179. The quantitative estimate of drug-likeness (QED) is 0.144. The van der Waals surface area contributed by atoms with Crippen LogP contribution in [0.3, 0.4) is 0 Å². The molecule has 3 aromatic carbocycles. The summed E-state index contributed by atoms with van der Waals surface area (Å²) < 4.78 is 15.0. The Morgan fingerprint density at radius 1 is 0.775 bits per heavy atom. The number of Topliss-reactive ketones (excluding diaryl/α,β-unsaturated/α-hetero) is 2. The maximum atomic E-state index is 12.3. The summed E-state index contributed by atoms with van der Waals surface area (Å²) in [4.78, 5) is 70.8. The van der Waals surface area contributed by atoms with E-state index in [2.05, 4.69) is 5.32 Å². The summed E-state index contributed by atoms with van der Waals surface area (Å²) in [5.41, 5.74) is 0.640. The first-order chi connectivity index (χ1) is 19.2. The number of non-ortho nitro benzene ring substituents is 1. The van der Waals surface area contributed by atoms with Crippen molar-refractivity contribution in [1.82, 2.24) is 0 Å².